The highest BCUT2D eigenvalue weighted by atomic mass is 79.9. The third-order valence-corrected chi connectivity index (χ3v) is 4.90. The molecule has 17 heavy (non-hydrogen) atoms. The van der Waals surface area contributed by atoms with Gasteiger partial charge in [0, 0.05) is 16.6 Å². The summed E-state index contributed by atoms with van der Waals surface area (Å²) in [6.07, 6.45) is 6.74. The number of likely N-dealkylation sites (tertiary alicyclic amines) is 1. The van der Waals surface area contributed by atoms with E-state index in [-0.39, 0.29) is 0 Å². The van der Waals surface area contributed by atoms with E-state index in [1.807, 2.05) is 0 Å². The molecule has 2 unspecified atom stereocenters. The van der Waals surface area contributed by atoms with Gasteiger partial charge in [-0.1, -0.05) is 28.4 Å². The smallest absolute Gasteiger partial charge is 0.0357 e. The first-order valence-corrected chi connectivity index (χ1v) is 7.59. The van der Waals surface area contributed by atoms with E-state index in [4.69, 9.17) is 0 Å². The van der Waals surface area contributed by atoms with Crippen LogP contribution in [0.25, 0.3) is 0 Å². The zero-order chi connectivity index (χ0) is 11.8. The largest absolute Gasteiger partial charge is 0.294 e. The van der Waals surface area contributed by atoms with E-state index in [1.165, 1.54) is 43.1 Å². The van der Waals surface area contributed by atoms with Gasteiger partial charge in [0.05, 0.1) is 0 Å². The average molecular weight is 294 g/mol. The van der Waals surface area contributed by atoms with Gasteiger partial charge in [0.25, 0.3) is 0 Å². The molecule has 1 saturated heterocycles. The fourth-order valence-corrected chi connectivity index (χ4v) is 3.86. The lowest BCUT2D eigenvalue weighted by Crippen LogP contribution is -2.39. The van der Waals surface area contributed by atoms with Crippen molar-refractivity contribution in [3.63, 3.8) is 0 Å². The minimum absolute atomic E-state index is 0.679. The van der Waals surface area contributed by atoms with Gasteiger partial charge in [-0.3, -0.25) is 4.90 Å². The Morgan fingerprint density at radius 3 is 2.94 bits per heavy atom. The van der Waals surface area contributed by atoms with Crippen molar-refractivity contribution >= 4 is 15.9 Å². The van der Waals surface area contributed by atoms with Crippen LogP contribution in [0, 0.1) is 0 Å². The molecule has 1 nitrogen and oxygen atoms in total. The van der Waals surface area contributed by atoms with E-state index in [0.717, 1.165) is 6.04 Å². The summed E-state index contributed by atoms with van der Waals surface area (Å²) in [6.45, 7) is 3.69. The lowest BCUT2D eigenvalue weighted by molar-refractivity contribution is 0.105. The predicted octanol–water partition coefficient (Wildman–Crippen LogP) is 4.31. The Balaban J connectivity index is 1.89. The Morgan fingerprint density at radius 1 is 1.24 bits per heavy atom. The molecular formula is C15H20BrN. The third kappa shape index (κ3) is 2.17. The van der Waals surface area contributed by atoms with Gasteiger partial charge in [-0.05, 0) is 62.4 Å². The van der Waals surface area contributed by atoms with Crippen LogP contribution in [0.15, 0.2) is 22.7 Å². The second kappa shape index (κ2) is 4.74. The van der Waals surface area contributed by atoms with E-state index in [0.29, 0.717) is 6.04 Å². The quantitative estimate of drug-likeness (QED) is 0.746. The van der Waals surface area contributed by atoms with Crippen molar-refractivity contribution in [3.05, 3.63) is 33.8 Å². The number of fused-ring (bicyclic) bond motifs is 1. The summed E-state index contributed by atoms with van der Waals surface area (Å²) in [5.41, 5.74) is 3.14. The van der Waals surface area contributed by atoms with E-state index < -0.39 is 0 Å². The summed E-state index contributed by atoms with van der Waals surface area (Å²) in [5.74, 6) is 0. The van der Waals surface area contributed by atoms with Crippen molar-refractivity contribution in [2.24, 2.45) is 0 Å². The topological polar surface area (TPSA) is 3.24 Å². The van der Waals surface area contributed by atoms with Gasteiger partial charge < -0.3 is 0 Å². The Morgan fingerprint density at radius 2 is 2.12 bits per heavy atom. The summed E-state index contributed by atoms with van der Waals surface area (Å²) in [5, 5.41) is 0. The molecule has 92 valence electrons. The molecule has 1 heterocycles. The maximum Gasteiger partial charge on any atom is 0.0357 e. The molecule has 2 aliphatic rings. The maximum absolute atomic E-state index is 3.61. The molecule has 1 aromatic rings. The van der Waals surface area contributed by atoms with Crippen molar-refractivity contribution in [1.82, 2.24) is 4.90 Å². The fraction of sp³-hybridized carbons (Fsp3) is 0.600. The molecule has 1 aliphatic heterocycles. The molecule has 1 aromatic carbocycles. The predicted molar refractivity (Wildman–Crippen MR) is 75.2 cm³/mol. The molecule has 1 fully saturated rings. The normalized spacial score (nSPS) is 29.3. The molecule has 0 amide bonds. The first-order chi connectivity index (χ1) is 8.25. The summed E-state index contributed by atoms with van der Waals surface area (Å²) in [6, 6.07) is 8.26. The standard InChI is InChI=1S/C15H20BrN/c1-11-4-2-3-9-17(11)15-8-6-12-5-7-13(16)10-14(12)15/h5,7,10-11,15H,2-4,6,8-9H2,1H3. The van der Waals surface area contributed by atoms with Crippen molar-refractivity contribution in [2.45, 2.75) is 51.1 Å². The van der Waals surface area contributed by atoms with Gasteiger partial charge >= 0.3 is 0 Å². The Kier molecular flexibility index (Phi) is 3.27. The third-order valence-electron chi connectivity index (χ3n) is 4.41. The van der Waals surface area contributed by atoms with Crippen molar-refractivity contribution in [2.75, 3.05) is 6.54 Å². The Hall–Kier alpha value is -0.340. The average Bonchev–Trinajstić information content (AvgIpc) is 2.72. The minimum Gasteiger partial charge on any atom is -0.294 e. The molecule has 0 bridgehead atoms. The molecule has 2 atom stereocenters. The lowest BCUT2D eigenvalue weighted by atomic mass is 9.98. The van der Waals surface area contributed by atoms with Crippen LogP contribution in [0.4, 0.5) is 0 Å². The monoisotopic (exact) mass is 293 g/mol. The first-order valence-electron chi connectivity index (χ1n) is 6.80. The SMILES string of the molecule is CC1CCCCN1C1CCc2ccc(Br)cc21. The lowest BCUT2D eigenvalue weighted by Gasteiger charge is -2.38. The van der Waals surface area contributed by atoms with E-state index in [1.54, 1.807) is 11.1 Å². The second-order valence-corrected chi connectivity index (χ2v) is 6.40. The van der Waals surface area contributed by atoms with Crippen LogP contribution < -0.4 is 0 Å². The van der Waals surface area contributed by atoms with Crippen LogP contribution >= 0.6 is 15.9 Å². The highest BCUT2D eigenvalue weighted by molar-refractivity contribution is 9.10. The van der Waals surface area contributed by atoms with Crippen molar-refractivity contribution < 1.29 is 0 Å². The van der Waals surface area contributed by atoms with Crippen LogP contribution in [0.1, 0.15) is 49.8 Å². The van der Waals surface area contributed by atoms with E-state index in [2.05, 4.69) is 46.0 Å². The van der Waals surface area contributed by atoms with Gasteiger partial charge in [0.1, 0.15) is 0 Å². The molecule has 0 spiro atoms. The second-order valence-electron chi connectivity index (χ2n) is 5.48. The minimum atomic E-state index is 0.679. The number of rotatable bonds is 1. The summed E-state index contributed by atoms with van der Waals surface area (Å²) >= 11 is 3.61. The van der Waals surface area contributed by atoms with Gasteiger partial charge in [-0.2, -0.15) is 0 Å². The highest BCUT2D eigenvalue weighted by Gasteiger charge is 2.31. The molecular weight excluding hydrogens is 274 g/mol. The summed E-state index contributed by atoms with van der Waals surface area (Å²) in [4.78, 5) is 2.74. The number of piperidine rings is 1. The van der Waals surface area contributed by atoms with Gasteiger partial charge in [0.15, 0.2) is 0 Å². The fourth-order valence-electron chi connectivity index (χ4n) is 3.48. The number of aryl methyl sites for hydroxylation is 1. The van der Waals surface area contributed by atoms with Crippen LogP contribution in [0.3, 0.4) is 0 Å². The zero-order valence-corrected chi connectivity index (χ0v) is 12.0. The van der Waals surface area contributed by atoms with E-state index in [9.17, 15) is 0 Å². The van der Waals surface area contributed by atoms with Crippen LogP contribution in [0.5, 0.6) is 0 Å². The molecule has 0 saturated carbocycles. The Labute approximate surface area is 112 Å². The summed E-state index contributed by atoms with van der Waals surface area (Å²) < 4.78 is 1.23. The van der Waals surface area contributed by atoms with Crippen LogP contribution in [0.2, 0.25) is 0 Å². The van der Waals surface area contributed by atoms with Gasteiger partial charge in [-0.15, -0.1) is 0 Å². The van der Waals surface area contributed by atoms with Crippen molar-refractivity contribution in [3.8, 4) is 0 Å². The Bertz CT molecular complexity index is 415. The van der Waals surface area contributed by atoms with E-state index >= 15 is 0 Å². The number of benzene rings is 1. The molecule has 1 aliphatic carbocycles. The molecule has 0 radical (unpaired) electrons. The maximum atomic E-state index is 3.61. The molecule has 3 rings (SSSR count). The molecule has 0 aromatic heterocycles. The van der Waals surface area contributed by atoms with Crippen LogP contribution in [-0.4, -0.2) is 17.5 Å². The first kappa shape index (κ1) is 11.7. The highest BCUT2D eigenvalue weighted by Crippen LogP contribution is 2.39. The van der Waals surface area contributed by atoms with Gasteiger partial charge in [0.2, 0.25) is 0 Å². The number of halogens is 1. The number of hydrogen-bond acceptors (Lipinski definition) is 1. The molecule has 2 heteroatoms. The van der Waals surface area contributed by atoms with Crippen LogP contribution in [-0.2, 0) is 6.42 Å². The zero-order valence-electron chi connectivity index (χ0n) is 10.5. The molecule has 0 N–H and O–H groups in total. The number of hydrogen-bond donors (Lipinski definition) is 0. The van der Waals surface area contributed by atoms with Gasteiger partial charge in [-0.25, -0.2) is 0 Å². The number of nitrogens with zero attached hydrogens (tertiary/aromatic N) is 1. The summed E-state index contributed by atoms with van der Waals surface area (Å²) in [7, 11) is 0. The van der Waals surface area contributed by atoms with Crippen molar-refractivity contribution in [1.29, 1.82) is 0 Å².